The van der Waals surface area contributed by atoms with Crippen molar-refractivity contribution >= 4 is 0 Å². The van der Waals surface area contributed by atoms with Crippen LogP contribution in [-0.2, 0) is 4.74 Å². The van der Waals surface area contributed by atoms with E-state index in [0.29, 0.717) is 6.04 Å². The van der Waals surface area contributed by atoms with Crippen LogP contribution in [0.1, 0.15) is 46.5 Å². The Morgan fingerprint density at radius 3 is 2.47 bits per heavy atom. The number of hydrogen-bond acceptors (Lipinski definition) is 2. The van der Waals surface area contributed by atoms with Crippen molar-refractivity contribution in [2.75, 3.05) is 19.8 Å². The summed E-state index contributed by atoms with van der Waals surface area (Å²) in [6.45, 7) is 9.94. The van der Waals surface area contributed by atoms with E-state index in [-0.39, 0.29) is 0 Å². The molecule has 2 nitrogen and oxygen atoms in total. The van der Waals surface area contributed by atoms with Gasteiger partial charge in [0.25, 0.3) is 0 Å². The molecule has 15 heavy (non-hydrogen) atoms. The van der Waals surface area contributed by atoms with Crippen molar-refractivity contribution in [3.05, 3.63) is 0 Å². The summed E-state index contributed by atoms with van der Waals surface area (Å²) in [5, 5.41) is 3.59. The second kappa shape index (κ2) is 7.24. The molecule has 2 atom stereocenters. The molecule has 0 aromatic rings. The summed E-state index contributed by atoms with van der Waals surface area (Å²) in [5.74, 6) is 1.71. The van der Waals surface area contributed by atoms with E-state index in [1.54, 1.807) is 0 Å². The van der Waals surface area contributed by atoms with Gasteiger partial charge in [-0.15, -0.1) is 0 Å². The number of nitrogens with one attached hydrogen (secondary N) is 1. The number of rotatable bonds is 6. The molecule has 1 rings (SSSR count). The molecule has 0 bridgehead atoms. The highest BCUT2D eigenvalue weighted by Crippen LogP contribution is 2.25. The van der Waals surface area contributed by atoms with Crippen LogP contribution < -0.4 is 5.32 Å². The summed E-state index contributed by atoms with van der Waals surface area (Å²) in [7, 11) is 0. The SMILES string of the molecule is CCNC(CC)C(C)CC1CCOCC1. The van der Waals surface area contributed by atoms with Crippen LogP contribution in [0.25, 0.3) is 0 Å². The van der Waals surface area contributed by atoms with Crippen LogP contribution in [-0.4, -0.2) is 25.8 Å². The molecule has 0 aromatic carbocycles. The molecule has 0 aliphatic carbocycles. The van der Waals surface area contributed by atoms with Gasteiger partial charge in [-0.25, -0.2) is 0 Å². The fraction of sp³-hybridized carbons (Fsp3) is 1.00. The Hall–Kier alpha value is -0.0800. The first-order valence-electron chi connectivity index (χ1n) is 6.59. The van der Waals surface area contributed by atoms with Crippen molar-refractivity contribution < 1.29 is 4.74 Å². The molecule has 90 valence electrons. The maximum absolute atomic E-state index is 5.40. The fourth-order valence-electron chi connectivity index (χ4n) is 2.68. The van der Waals surface area contributed by atoms with E-state index in [1.165, 1.54) is 25.7 Å². The molecule has 2 heteroatoms. The van der Waals surface area contributed by atoms with Crippen LogP contribution in [0.4, 0.5) is 0 Å². The molecule has 1 heterocycles. The summed E-state index contributed by atoms with van der Waals surface area (Å²) in [4.78, 5) is 0. The second-order valence-electron chi connectivity index (χ2n) is 4.84. The van der Waals surface area contributed by atoms with Crippen LogP contribution in [0.15, 0.2) is 0 Å². The number of ether oxygens (including phenoxy) is 1. The lowest BCUT2D eigenvalue weighted by molar-refractivity contribution is 0.0572. The van der Waals surface area contributed by atoms with Crippen molar-refractivity contribution in [2.45, 2.75) is 52.5 Å². The molecule has 0 amide bonds. The Morgan fingerprint density at radius 1 is 1.27 bits per heavy atom. The largest absolute Gasteiger partial charge is 0.381 e. The average Bonchev–Trinajstić information content (AvgIpc) is 2.27. The van der Waals surface area contributed by atoms with E-state index in [0.717, 1.165) is 31.6 Å². The molecule has 1 aliphatic heterocycles. The highest BCUT2D eigenvalue weighted by molar-refractivity contribution is 4.75. The van der Waals surface area contributed by atoms with E-state index in [1.807, 2.05) is 0 Å². The lowest BCUT2D eigenvalue weighted by Gasteiger charge is -2.29. The molecular weight excluding hydrogens is 186 g/mol. The maximum Gasteiger partial charge on any atom is 0.0468 e. The van der Waals surface area contributed by atoms with Gasteiger partial charge in [0.15, 0.2) is 0 Å². The van der Waals surface area contributed by atoms with Gasteiger partial charge in [-0.05, 0) is 44.1 Å². The highest BCUT2D eigenvalue weighted by atomic mass is 16.5. The van der Waals surface area contributed by atoms with Crippen molar-refractivity contribution in [1.29, 1.82) is 0 Å². The topological polar surface area (TPSA) is 21.3 Å². The third-order valence-electron chi connectivity index (χ3n) is 3.64. The molecule has 0 saturated carbocycles. The predicted octanol–water partition coefficient (Wildman–Crippen LogP) is 2.83. The van der Waals surface area contributed by atoms with Crippen LogP contribution in [0.3, 0.4) is 0 Å². The Labute approximate surface area is 94.8 Å². The average molecular weight is 213 g/mol. The molecule has 0 spiro atoms. The van der Waals surface area contributed by atoms with Gasteiger partial charge in [0, 0.05) is 19.3 Å². The van der Waals surface area contributed by atoms with Gasteiger partial charge in [-0.3, -0.25) is 0 Å². The van der Waals surface area contributed by atoms with Gasteiger partial charge in [-0.2, -0.15) is 0 Å². The van der Waals surface area contributed by atoms with E-state index in [9.17, 15) is 0 Å². The van der Waals surface area contributed by atoms with Crippen LogP contribution >= 0.6 is 0 Å². The summed E-state index contributed by atoms with van der Waals surface area (Å²) in [6.07, 6.45) is 5.16. The molecule has 1 fully saturated rings. The molecular formula is C13H27NO. The lowest BCUT2D eigenvalue weighted by atomic mass is 9.85. The van der Waals surface area contributed by atoms with Crippen molar-refractivity contribution in [1.82, 2.24) is 5.32 Å². The Kier molecular flexibility index (Phi) is 6.26. The van der Waals surface area contributed by atoms with E-state index in [2.05, 4.69) is 26.1 Å². The van der Waals surface area contributed by atoms with Gasteiger partial charge in [0.1, 0.15) is 0 Å². The normalized spacial score (nSPS) is 22.6. The monoisotopic (exact) mass is 213 g/mol. The minimum Gasteiger partial charge on any atom is -0.381 e. The standard InChI is InChI=1S/C13H27NO/c1-4-13(14-5-2)11(3)10-12-6-8-15-9-7-12/h11-14H,4-10H2,1-3H3. The zero-order valence-electron chi connectivity index (χ0n) is 10.6. The fourth-order valence-corrected chi connectivity index (χ4v) is 2.68. The van der Waals surface area contributed by atoms with E-state index in [4.69, 9.17) is 4.74 Å². The van der Waals surface area contributed by atoms with Gasteiger partial charge in [0.2, 0.25) is 0 Å². The van der Waals surface area contributed by atoms with Crippen molar-refractivity contribution in [2.24, 2.45) is 11.8 Å². The van der Waals surface area contributed by atoms with E-state index < -0.39 is 0 Å². The zero-order chi connectivity index (χ0) is 11.1. The van der Waals surface area contributed by atoms with Crippen molar-refractivity contribution in [3.8, 4) is 0 Å². The first-order chi connectivity index (χ1) is 7.27. The minimum absolute atomic E-state index is 0.706. The zero-order valence-corrected chi connectivity index (χ0v) is 10.6. The molecule has 0 radical (unpaired) electrons. The number of hydrogen-bond donors (Lipinski definition) is 1. The maximum atomic E-state index is 5.40. The van der Waals surface area contributed by atoms with Crippen LogP contribution in [0.5, 0.6) is 0 Å². The van der Waals surface area contributed by atoms with Crippen molar-refractivity contribution in [3.63, 3.8) is 0 Å². The third-order valence-corrected chi connectivity index (χ3v) is 3.64. The second-order valence-corrected chi connectivity index (χ2v) is 4.84. The molecule has 2 unspecified atom stereocenters. The first kappa shape index (κ1) is 13.0. The summed E-state index contributed by atoms with van der Waals surface area (Å²) in [5.41, 5.74) is 0. The summed E-state index contributed by atoms with van der Waals surface area (Å²) < 4.78 is 5.40. The van der Waals surface area contributed by atoms with Crippen LogP contribution in [0.2, 0.25) is 0 Å². The molecule has 1 saturated heterocycles. The third kappa shape index (κ3) is 4.52. The van der Waals surface area contributed by atoms with Crippen LogP contribution in [0, 0.1) is 11.8 Å². The van der Waals surface area contributed by atoms with Gasteiger partial charge >= 0.3 is 0 Å². The molecule has 1 N–H and O–H groups in total. The van der Waals surface area contributed by atoms with E-state index >= 15 is 0 Å². The lowest BCUT2D eigenvalue weighted by Crippen LogP contribution is -2.35. The molecule has 1 aliphatic rings. The molecule has 0 aromatic heterocycles. The Morgan fingerprint density at radius 2 is 1.93 bits per heavy atom. The predicted molar refractivity (Wildman–Crippen MR) is 65.1 cm³/mol. The summed E-state index contributed by atoms with van der Waals surface area (Å²) >= 11 is 0. The summed E-state index contributed by atoms with van der Waals surface area (Å²) in [6, 6.07) is 0.706. The van der Waals surface area contributed by atoms with Gasteiger partial charge < -0.3 is 10.1 Å². The quantitative estimate of drug-likeness (QED) is 0.732. The Bertz CT molecular complexity index is 155. The first-order valence-corrected chi connectivity index (χ1v) is 6.59. The Balaban J connectivity index is 2.27. The van der Waals surface area contributed by atoms with Gasteiger partial charge in [-0.1, -0.05) is 20.8 Å². The highest BCUT2D eigenvalue weighted by Gasteiger charge is 2.21. The van der Waals surface area contributed by atoms with Gasteiger partial charge in [0.05, 0.1) is 0 Å². The smallest absolute Gasteiger partial charge is 0.0468 e. The minimum atomic E-state index is 0.706.